The Hall–Kier alpha value is -1.75. The Balaban J connectivity index is 2.11. The average molecular weight is 235 g/mol. The van der Waals surface area contributed by atoms with Crippen molar-refractivity contribution in [3.63, 3.8) is 0 Å². The monoisotopic (exact) mass is 235 g/mol. The van der Waals surface area contributed by atoms with Crippen LogP contribution in [0.3, 0.4) is 0 Å². The van der Waals surface area contributed by atoms with Gasteiger partial charge >= 0.3 is 0 Å². The van der Waals surface area contributed by atoms with Crippen molar-refractivity contribution in [1.82, 2.24) is 15.1 Å². The molecule has 1 aliphatic rings. The van der Waals surface area contributed by atoms with Gasteiger partial charge in [0, 0.05) is 24.7 Å². The molecular formula is C12H11F2N3. The van der Waals surface area contributed by atoms with Gasteiger partial charge < -0.3 is 5.32 Å². The lowest BCUT2D eigenvalue weighted by Gasteiger charge is -2.16. The molecule has 0 amide bonds. The molecule has 88 valence electrons. The highest BCUT2D eigenvalue weighted by molar-refractivity contribution is 5.65. The van der Waals surface area contributed by atoms with Gasteiger partial charge in [-0.1, -0.05) is 0 Å². The molecule has 2 heterocycles. The van der Waals surface area contributed by atoms with Crippen LogP contribution in [0.5, 0.6) is 0 Å². The number of hydrogen-bond acceptors (Lipinski definition) is 2. The molecule has 0 radical (unpaired) electrons. The molecular weight excluding hydrogens is 224 g/mol. The molecule has 0 atom stereocenters. The summed E-state index contributed by atoms with van der Waals surface area (Å²) < 4.78 is 28.2. The summed E-state index contributed by atoms with van der Waals surface area (Å²) in [5.74, 6) is -1.13. The van der Waals surface area contributed by atoms with E-state index in [2.05, 4.69) is 10.4 Å². The summed E-state index contributed by atoms with van der Waals surface area (Å²) in [6.45, 7) is 2.33. The fourth-order valence-electron chi connectivity index (χ4n) is 2.13. The molecule has 1 aromatic heterocycles. The number of rotatable bonds is 1. The second kappa shape index (κ2) is 3.92. The first-order valence-corrected chi connectivity index (χ1v) is 5.46. The predicted molar refractivity (Wildman–Crippen MR) is 59.3 cm³/mol. The van der Waals surface area contributed by atoms with Crippen LogP contribution in [-0.4, -0.2) is 16.3 Å². The highest BCUT2D eigenvalue weighted by Crippen LogP contribution is 2.26. The van der Waals surface area contributed by atoms with Crippen LogP contribution < -0.4 is 5.32 Å². The van der Waals surface area contributed by atoms with E-state index in [4.69, 9.17) is 0 Å². The Morgan fingerprint density at radius 2 is 1.94 bits per heavy atom. The van der Waals surface area contributed by atoms with E-state index >= 15 is 0 Å². The van der Waals surface area contributed by atoms with Crippen LogP contribution in [0, 0.1) is 11.6 Å². The van der Waals surface area contributed by atoms with Gasteiger partial charge in [0.1, 0.15) is 11.6 Å². The quantitative estimate of drug-likeness (QED) is 0.818. The zero-order valence-corrected chi connectivity index (χ0v) is 9.08. The second-order valence-electron chi connectivity index (χ2n) is 4.06. The van der Waals surface area contributed by atoms with Crippen molar-refractivity contribution in [2.24, 2.45) is 0 Å². The number of nitrogens with zero attached hydrogens (tertiary/aromatic N) is 2. The molecule has 0 spiro atoms. The maximum absolute atomic E-state index is 13.2. The third-order valence-corrected chi connectivity index (χ3v) is 2.92. The Labute approximate surface area is 97.1 Å². The molecule has 0 unspecified atom stereocenters. The molecule has 0 bridgehead atoms. The highest BCUT2D eigenvalue weighted by atomic mass is 19.1. The van der Waals surface area contributed by atoms with E-state index in [1.54, 1.807) is 6.20 Å². The Kier molecular flexibility index (Phi) is 2.40. The van der Waals surface area contributed by atoms with Gasteiger partial charge in [-0.25, -0.2) is 8.78 Å². The molecule has 3 rings (SSSR count). The lowest BCUT2D eigenvalue weighted by Crippen LogP contribution is -2.28. The van der Waals surface area contributed by atoms with Crippen LogP contribution in [0.1, 0.15) is 5.69 Å². The van der Waals surface area contributed by atoms with Gasteiger partial charge in [0.05, 0.1) is 18.4 Å². The van der Waals surface area contributed by atoms with Crippen LogP contribution in [0.2, 0.25) is 0 Å². The van der Waals surface area contributed by atoms with Crippen molar-refractivity contribution in [2.75, 3.05) is 6.54 Å². The summed E-state index contributed by atoms with van der Waals surface area (Å²) >= 11 is 0. The standard InChI is InChI=1S/C12H11F2N3/c13-9-3-8(4-10(14)5-9)11-6-16-17-2-1-15-7-12(11)17/h3-6,15H,1-2,7H2. The minimum Gasteiger partial charge on any atom is -0.309 e. The molecule has 0 fully saturated rings. The predicted octanol–water partition coefficient (Wildman–Crippen LogP) is 1.93. The zero-order valence-electron chi connectivity index (χ0n) is 9.08. The van der Waals surface area contributed by atoms with Crippen LogP contribution in [0.25, 0.3) is 11.1 Å². The van der Waals surface area contributed by atoms with E-state index in [1.165, 1.54) is 12.1 Å². The lowest BCUT2D eigenvalue weighted by molar-refractivity contribution is 0.476. The minimum absolute atomic E-state index is 0.535. The molecule has 0 saturated heterocycles. The van der Waals surface area contributed by atoms with Crippen molar-refractivity contribution < 1.29 is 8.78 Å². The van der Waals surface area contributed by atoms with Crippen molar-refractivity contribution in [3.8, 4) is 11.1 Å². The van der Waals surface area contributed by atoms with E-state index < -0.39 is 11.6 Å². The molecule has 0 saturated carbocycles. The van der Waals surface area contributed by atoms with Gasteiger partial charge in [-0.2, -0.15) is 5.10 Å². The zero-order chi connectivity index (χ0) is 11.8. The summed E-state index contributed by atoms with van der Waals surface area (Å²) in [6.07, 6.45) is 1.66. The summed E-state index contributed by atoms with van der Waals surface area (Å²) in [6, 6.07) is 3.53. The second-order valence-corrected chi connectivity index (χ2v) is 4.06. The number of benzene rings is 1. The van der Waals surface area contributed by atoms with Crippen LogP contribution in [-0.2, 0) is 13.1 Å². The fraction of sp³-hybridized carbons (Fsp3) is 0.250. The van der Waals surface area contributed by atoms with Crippen molar-refractivity contribution in [2.45, 2.75) is 13.1 Å². The Bertz CT molecular complexity index is 543. The summed E-state index contributed by atoms with van der Waals surface area (Å²) in [4.78, 5) is 0. The average Bonchev–Trinajstić information content (AvgIpc) is 2.71. The molecule has 3 nitrogen and oxygen atoms in total. The molecule has 1 aliphatic heterocycles. The number of hydrogen-bond donors (Lipinski definition) is 1. The van der Waals surface area contributed by atoms with Gasteiger partial charge in [0.15, 0.2) is 0 Å². The molecule has 1 N–H and O–H groups in total. The summed E-state index contributed by atoms with van der Waals surface area (Å²) in [5.41, 5.74) is 2.30. The van der Waals surface area contributed by atoms with Crippen molar-refractivity contribution in [1.29, 1.82) is 0 Å². The normalized spacial score (nSPS) is 14.7. The molecule has 2 aromatic rings. The van der Waals surface area contributed by atoms with E-state index in [1.807, 2.05) is 4.68 Å². The summed E-state index contributed by atoms with van der Waals surface area (Å²) in [7, 11) is 0. The topological polar surface area (TPSA) is 29.9 Å². The van der Waals surface area contributed by atoms with E-state index in [0.717, 1.165) is 30.4 Å². The Morgan fingerprint density at radius 1 is 1.18 bits per heavy atom. The van der Waals surface area contributed by atoms with Crippen LogP contribution >= 0.6 is 0 Å². The van der Waals surface area contributed by atoms with Crippen molar-refractivity contribution >= 4 is 0 Å². The first kappa shape index (κ1) is 10.4. The van der Waals surface area contributed by atoms with Crippen molar-refractivity contribution in [3.05, 3.63) is 41.7 Å². The smallest absolute Gasteiger partial charge is 0.126 e. The minimum atomic E-state index is -0.566. The summed E-state index contributed by atoms with van der Waals surface area (Å²) in [5, 5.41) is 7.44. The third kappa shape index (κ3) is 1.82. The van der Waals surface area contributed by atoms with E-state index in [0.29, 0.717) is 12.1 Å². The van der Waals surface area contributed by atoms with E-state index in [-0.39, 0.29) is 0 Å². The SMILES string of the molecule is Fc1cc(F)cc(-c2cnn3c2CNCC3)c1. The fourth-order valence-corrected chi connectivity index (χ4v) is 2.13. The van der Waals surface area contributed by atoms with Gasteiger partial charge in [-0.3, -0.25) is 4.68 Å². The molecule has 5 heteroatoms. The van der Waals surface area contributed by atoms with Crippen LogP contribution in [0.4, 0.5) is 8.78 Å². The van der Waals surface area contributed by atoms with Gasteiger partial charge in [0.2, 0.25) is 0 Å². The third-order valence-electron chi connectivity index (χ3n) is 2.92. The maximum Gasteiger partial charge on any atom is 0.126 e. The molecule has 1 aromatic carbocycles. The number of fused-ring (bicyclic) bond motifs is 1. The Morgan fingerprint density at radius 3 is 2.71 bits per heavy atom. The highest BCUT2D eigenvalue weighted by Gasteiger charge is 2.16. The first-order chi connectivity index (χ1) is 8.24. The van der Waals surface area contributed by atoms with Crippen LogP contribution in [0.15, 0.2) is 24.4 Å². The van der Waals surface area contributed by atoms with Gasteiger partial charge in [0.25, 0.3) is 0 Å². The van der Waals surface area contributed by atoms with Gasteiger partial charge in [-0.05, 0) is 17.7 Å². The number of halogens is 2. The molecule has 0 aliphatic carbocycles. The maximum atomic E-state index is 13.2. The number of aromatic nitrogens is 2. The molecule has 17 heavy (non-hydrogen) atoms. The lowest BCUT2D eigenvalue weighted by atomic mass is 10.1. The van der Waals surface area contributed by atoms with E-state index in [9.17, 15) is 8.78 Å². The largest absolute Gasteiger partial charge is 0.309 e. The number of nitrogens with one attached hydrogen (secondary N) is 1. The first-order valence-electron chi connectivity index (χ1n) is 5.46. The van der Waals surface area contributed by atoms with Gasteiger partial charge in [-0.15, -0.1) is 0 Å².